The van der Waals surface area contributed by atoms with E-state index in [2.05, 4.69) is 15.5 Å². The quantitative estimate of drug-likeness (QED) is 0.157. The Morgan fingerprint density at radius 3 is 2.83 bits per heavy atom. The van der Waals surface area contributed by atoms with Crippen molar-refractivity contribution in [3.05, 3.63) is 32.9 Å². The Bertz CT molecular complexity index is 993. The second-order valence-electron chi connectivity index (χ2n) is 5.84. The zero-order chi connectivity index (χ0) is 22.0. The van der Waals surface area contributed by atoms with Gasteiger partial charge in [-0.3, -0.25) is 14.5 Å². The molecule has 3 rings (SSSR count). The molecule has 11 nitrogen and oxygen atoms in total. The predicted octanol–water partition coefficient (Wildman–Crippen LogP) is 0.103. The number of aromatic nitrogens is 1. The van der Waals surface area contributed by atoms with Crippen LogP contribution in [0, 0.1) is 0 Å². The van der Waals surface area contributed by atoms with Crippen LogP contribution >= 0.6 is 34.9 Å². The molecular weight excluding hydrogens is 459 g/mol. The summed E-state index contributed by atoms with van der Waals surface area (Å²) in [7, 11) is 0. The minimum atomic E-state index is -1.35. The summed E-state index contributed by atoms with van der Waals surface area (Å²) in [5, 5.41) is 26.0. The molecule has 0 aromatic carbocycles. The molecule has 1 saturated heterocycles. The summed E-state index contributed by atoms with van der Waals surface area (Å²) in [6.45, 7) is -0.325. The number of nitrogens with one attached hydrogen (secondary N) is 1. The molecular formula is C15H15FN6O5S3. The lowest BCUT2D eigenvalue weighted by atomic mass is 10.0. The van der Waals surface area contributed by atoms with E-state index in [4.69, 9.17) is 16.7 Å². The number of nitrogens with zero attached hydrogens (tertiary/aromatic N) is 3. The van der Waals surface area contributed by atoms with Gasteiger partial charge in [-0.1, -0.05) is 16.9 Å². The number of carbonyl (C=O) groups excluding carboxylic acids is 2. The van der Waals surface area contributed by atoms with Gasteiger partial charge in [0, 0.05) is 28.0 Å². The number of halogens is 1. The molecule has 1 aromatic rings. The Labute approximate surface area is 181 Å². The Balaban J connectivity index is 1.77. The van der Waals surface area contributed by atoms with Crippen LogP contribution in [0.5, 0.6) is 0 Å². The van der Waals surface area contributed by atoms with Crippen molar-refractivity contribution >= 4 is 63.5 Å². The molecule has 0 spiro atoms. The highest BCUT2D eigenvalue weighted by Crippen LogP contribution is 2.43. The van der Waals surface area contributed by atoms with E-state index in [-0.39, 0.29) is 33.7 Å². The van der Waals surface area contributed by atoms with Gasteiger partial charge in [0.05, 0.1) is 0 Å². The number of carboxylic acid groups (broad SMARTS) is 1. The van der Waals surface area contributed by atoms with Crippen molar-refractivity contribution in [2.24, 2.45) is 10.9 Å². The van der Waals surface area contributed by atoms with Crippen LogP contribution in [0.4, 0.5) is 9.52 Å². The predicted molar refractivity (Wildman–Crippen MR) is 110 cm³/mol. The normalized spacial score (nSPS) is 21.9. The van der Waals surface area contributed by atoms with Crippen molar-refractivity contribution < 1.29 is 29.1 Å². The van der Waals surface area contributed by atoms with E-state index in [0.29, 0.717) is 0 Å². The van der Waals surface area contributed by atoms with Gasteiger partial charge in [-0.05, 0) is 0 Å². The van der Waals surface area contributed by atoms with Crippen molar-refractivity contribution in [2.75, 3.05) is 18.0 Å². The van der Waals surface area contributed by atoms with E-state index < -0.39 is 40.7 Å². The van der Waals surface area contributed by atoms with Gasteiger partial charge in [-0.25, -0.2) is 14.2 Å². The maximum atomic E-state index is 13.3. The van der Waals surface area contributed by atoms with Crippen molar-refractivity contribution in [2.45, 2.75) is 11.4 Å². The van der Waals surface area contributed by atoms with Crippen LogP contribution in [-0.2, 0) is 14.4 Å². The summed E-state index contributed by atoms with van der Waals surface area (Å²) < 4.78 is 13.3. The molecule has 0 aliphatic carbocycles. The number of amides is 2. The van der Waals surface area contributed by atoms with E-state index in [1.807, 2.05) is 0 Å². The van der Waals surface area contributed by atoms with E-state index in [0.717, 1.165) is 33.4 Å². The molecule has 3 heterocycles. The zero-order valence-electron chi connectivity index (χ0n) is 14.9. The van der Waals surface area contributed by atoms with Crippen molar-refractivity contribution in [1.82, 2.24) is 15.2 Å². The SMILES string of the molecule is NC/C(F)=C\SC1=C(C(=O)O)N2C(=O)C(NC(=O)/C(=N\O)c3csc(N)n3)[C@H]2SC1. The topological polar surface area (TPSA) is 184 Å². The minimum Gasteiger partial charge on any atom is -0.477 e. The molecule has 0 bridgehead atoms. The fourth-order valence-corrected chi connectivity index (χ4v) is 5.57. The third kappa shape index (κ3) is 4.14. The van der Waals surface area contributed by atoms with Gasteiger partial charge >= 0.3 is 5.97 Å². The monoisotopic (exact) mass is 474 g/mol. The number of thiazole rings is 1. The molecule has 15 heteroatoms. The Morgan fingerprint density at radius 2 is 2.27 bits per heavy atom. The molecule has 1 unspecified atom stereocenters. The smallest absolute Gasteiger partial charge is 0.353 e. The number of rotatable bonds is 7. The fourth-order valence-electron chi connectivity index (χ4n) is 2.68. The van der Waals surface area contributed by atoms with E-state index >= 15 is 0 Å². The average molecular weight is 475 g/mol. The lowest BCUT2D eigenvalue weighted by Crippen LogP contribution is -2.71. The number of β-lactam (4-membered cyclic amide) rings is 1. The highest BCUT2D eigenvalue weighted by molar-refractivity contribution is 8.08. The number of anilines is 1. The first kappa shape index (κ1) is 22.1. The van der Waals surface area contributed by atoms with Crippen LogP contribution < -0.4 is 16.8 Å². The molecule has 7 N–H and O–H groups in total. The Morgan fingerprint density at radius 1 is 1.53 bits per heavy atom. The van der Waals surface area contributed by atoms with Gasteiger partial charge in [0.1, 0.15) is 28.6 Å². The second-order valence-corrected chi connectivity index (χ2v) is 8.80. The van der Waals surface area contributed by atoms with Gasteiger partial charge in [-0.15, -0.1) is 23.1 Å². The van der Waals surface area contributed by atoms with Crippen molar-refractivity contribution in [1.29, 1.82) is 0 Å². The van der Waals surface area contributed by atoms with Gasteiger partial charge in [0.25, 0.3) is 11.8 Å². The largest absolute Gasteiger partial charge is 0.477 e. The van der Waals surface area contributed by atoms with E-state index in [1.165, 1.54) is 17.1 Å². The van der Waals surface area contributed by atoms with Gasteiger partial charge < -0.3 is 27.1 Å². The third-order valence-corrected chi connectivity index (χ3v) is 7.16. The number of oxime groups is 1. The van der Waals surface area contributed by atoms with Crippen LogP contribution in [-0.4, -0.2) is 67.4 Å². The van der Waals surface area contributed by atoms with Crippen LogP contribution in [0.15, 0.2) is 32.4 Å². The number of carbonyl (C=O) groups is 3. The summed E-state index contributed by atoms with van der Waals surface area (Å²) in [5.74, 6) is -3.31. The standard InChI is InChI=1S/C15H15FN6O5S3/c16-5(1-17)2-28-7-4-29-13-9(12(24)22(13)10(7)14(25)26)20-11(23)8(21-27)6-3-30-15(18)19-6/h2-3,9,13,27H,1,4,17H2,(H2,18,19)(H,20,23)(H,25,26)/b5-2+,21-8-/t9?,13-/m1/s1. The molecule has 1 fully saturated rings. The summed E-state index contributed by atoms with van der Waals surface area (Å²) in [4.78, 5) is 41.9. The summed E-state index contributed by atoms with van der Waals surface area (Å²) >= 11 is 3.08. The molecule has 0 radical (unpaired) electrons. The number of aliphatic carboxylic acids is 1. The number of hydrogen-bond donors (Lipinski definition) is 5. The molecule has 0 saturated carbocycles. The van der Waals surface area contributed by atoms with Gasteiger partial charge in [-0.2, -0.15) is 0 Å². The highest BCUT2D eigenvalue weighted by Gasteiger charge is 2.54. The van der Waals surface area contributed by atoms with E-state index in [9.17, 15) is 23.9 Å². The van der Waals surface area contributed by atoms with Gasteiger partial charge in [0.2, 0.25) is 0 Å². The average Bonchev–Trinajstić information content (AvgIpc) is 3.15. The van der Waals surface area contributed by atoms with Crippen molar-refractivity contribution in [3.8, 4) is 0 Å². The third-order valence-electron chi connectivity index (χ3n) is 4.03. The molecule has 2 amide bonds. The maximum absolute atomic E-state index is 13.3. The van der Waals surface area contributed by atoms with Crippen LogP contribution in [0.1, 0.15) is 5.69 Å². The van der Waals surface area contributed by atoms with Crippen LogP contribution in [0.25, 0.3) is 0 Å². The van der Waals surface area contributed by atoms with E-state index in [1.54, 1.807) is 0 Å². The Hall–Kier alpha value is -2.62. The number of nitrogen functional groups attached to an aromatic ring is 1. The first-order chi connectivity index (χ1) is 14.3. The summed E-state index contributed by atoms with van der Waals surface area (Å²) in [6.07, 6.45) is 0. The fraction of sp³-hybridized carbons (Fsp3) is 0.267. The van der Waals surface area contributed by atoms with Gasteiger partial charge in [0.15, 0.2) is 10.8 Å². The first-order valence-electron chi connectivity index (χ1n) is 8.15. The van der Waals surface area contributed by atoms with Crippen LogP contribution in [0.3, 0.4) is 0 Å². The maximum Gasteiger partial charge on any atom is 0.353 e. The summed E-state index contributed by atoms with van der Waals surface area (Å²) in [6, 6.07) is -1.03. The highest BCUT2D eigenvalue weighted by atomic mass is 32.2. The van der Waals surface area contributed by atoms with Crippen molar-refractivity contribution in [3.63, 3.8) is 0 Å². The van der Waals surface area contributed by atoms with Crippen LogP contribution in [0.2, 0.25) is 0 Å². The number of nitrogens with two attached hydrogens (primary N) is 2. The minimum absolute atomic E-state index is 0.0379. The number of carboxylic acids is 1. The molecule has 2 atom stereocenters. The Kier molecular flexibility index (Phi) is 6.64. The molecule has 1 aromatic heterocycles. The lowest BCUT2D eigenvalue weighted by Gasteiger charge is -2.49. The lowest BCUT2D eigenvalue weighted by molar-refractivity contribution is -0.150. The molecule has 2 aliphatic heterocycles. The zero-order valence-corrected chi connectivity index (χ0v) is 17.4. The number of thioether (sulfide) groups is 2. The molecule has 160 valence electrons. The number of hydrogen-bond acceptors (Lipinski definition) is 11. The summed E-state index contributed by atoms with van der Waals surface area (Å²) in [5.41, 5.74) is 10.0. The first-order valence-corrected chi connectivity index (χ1v) is 11.0. The molecule has 2 aliphatic rings. The molecule has 30 heavy (non-hydrogen) atoms. The number of fused-ring (bicyclic) bond motifs is 1. The second kappa shape index (κ2) is 9.03.